The minimum atomic E-state index is -0.0449. The molecule has 0 bridgehead atoms. The highest BCUT2D eigenvalue weighted by molar-refractivity contribution is 5.73. The van der Waals surface area contributed by atoms with E-state index in [-0.39, 0.29) is 5.41 Å². The summed E-state index contributed by atoms with van der Waals surface area (Å²) in [6.07, 6.45) is 8.05. The van der Waals surface area contributed by atoms with Gasteiger partial charge in [0.15, 0.2) is 0 Å². The SMILES string of the molecule is Cc1ccc(Cc2cc(C3(c4cc(Cc5ccc(C)cc5)c(C)c(-c5ccccc5)c4)CCCCC3)cc(-c3ccccc3)c2C)cc1. The molecule has 1 aliphatic rings. The van der Waals surface area contributed by atoms with Crippen LogP contribution in [-0.4, -0.2) is 0 Å². The normalized spacial score (nSPS) is 14.2. The van der Waals surface area contributed by atoms with E-state index in [0.29, 0.717) is 0 Å². The maximum atomic E-state index is 2.59. The van der Waals surface area contributed by atoms with Crippen LogP contribution in [0.1, 0.15) is 87.7 Å². The Bertz CT molecular complexity index is 1850. The molecule has 6 aromatic rings. The van der Waals surface area contributed by atoms with Gasteiger partial charge in [-0.1, -0.05) is 152 Å². The van der Waals surface area contributed by atoms with Gasteiger partial charge >= 0.3 is 0 Å². The van der Waals surface area contributed by atoms with E-state index in [2.05, 4.69) is 161 Å². The monoisotopic (exact) mass is 624 g/mol. The standard InChI is InChI=1S/C48H48/c1-34-18-22-38(23-19-34)28-42-30-44(32-46(36(42)3)40-14-8-5-9-15-40)48(26-12-7-13-27-48)45-31-43(29-39-24-20-35(2)21-25-39)37(4)47(33-45)41-16-10-6-11-17-41/h5-6,8-11,14-25,30-33H,7,12-13,26-29H2,1-4H3. The van der Waals surface area contributed by atoms with E-state index in [1.165, 1.54) is 110 Å². The summed E-state index contributed by atoms with van der Waals surface area (Å²) in [5, 5.41) is 0. The fourth-order valence-corrected chi connectivity index (χ4v) is 8.05. The molecule has 48 heavy (non-hydrogen) atoms. The van der Waals surface area contributed by atoms with Crippen LogP contribution in [-0.2, 0) is 18.3 Å². The highest BCUT2D eigenvalue weighted by atomic mass is 14.4. The molecule has 0 unspecified atom stereocenters. The first kappa shape index (κ1) is 31.9. The maximum Gasteiger partial charge on any atom is 0.0203 e. The van der Waals surface area contributed by atoms with E-state index in [1.54, 1.807) is 0 Å². The summed E-state index contributed by atoms with van der Waals surface area (Å²) in [5.74, 6) is 0. The van der Waals surface area contributed by atoms with E-state index < -0.39 is 0 Å². The van der Waals surface area contributed by atoms with Crippen LogP contribution in [0, 0.1) is 27.7 Å². The molecule has 0 spiro atoms. The Labute approximate surface area is 288 Å². The lowest BCUT2D eigenvalue weighted by molar-refractivity contribution is 0.345. The average molecular weight is 625 g/mol. The highest BCUT2D eigenvalue weighted by Gasteiger charge is 2.37. The predicted octanol–water partition coefficient (Wildman–Crippen LogP) is 12.7. The minimum absolute atomic E-state index is 0.0449. The Balaban J connectivity index is 1.45. The van der Waals surface area contributed by atoms with Crippen molar-refractivity contribution in [2.75, 3.05) is 0 Å². The Morgan fingerprint density at radius 1 is 0.438 bits per heavy atom. The van der Waals surface area contributed by atoms with Crippen molar-refractivity contribution in [2.24, 2.45) is 0 Å². The number of benzene rings is 6. The first-order valence-corrected chi connectivity index (χ1v) is 17.9. The van der Waals surface area contributed by atoms with Gasteiger partial charge < -0.3 is 0 Å². The molecule has 1 aliphatic carbocycles. The molecule has 0 heteroatoms. The zero-order valence-corrected chi connectivity index (χ0v) is 29.2. The molecule has 0 saturated heterocycles. The largest absolute Gasteiger partial charge is 0.0622 e. The van der Waals surface area contributed by atoms with Crippen molar-refractivity contribution >= 4 is 0 Å². The fraction of sp³-hybridized carbons (Fsp3) is 0.250. The van der Waals surface area contributed by atoms with Gasteiger partial charge in [0.1, 0.15) is 0 Å². The number of aryl methyl sites for hydroxylation is 2. The Morgan fingerprint density at radius 3 is 1.23 bits per heavy atom. The van der Waals surface area contributed by atoms with Crippen molar-refractivity contribution in [1.82, 2.24) is 0 Å². The van der Waals surface area contributed by atoms with Gasteiger partial charge in [0.25, 0.3) is 0 Å². The molecule has 0 nitrogen and oxygen atoms in total. The summed E-state index contributed by atoms with van der Waals surface area (Å²) >= 11 is 0. The topological polar surface area (TPSA) is 0 Å². The Kier molecular flexibility index (Phi) is 9.18. The second-order valence-electron chi connectivity index (χ2n) is 14.3. The third-order valence-corrected chi connectivity index (χ3v) is 11.0. The molecule has 0 N–H and O–H groups in total. The van der Waals surface area contributed by atoms with Crippen LogP contribution >= 0.6 is 0 Å². The van der Waals surface area contributed by atoms with Gasteiger partial charge in [-0.05, 0) is 132 Å². The van der Waals surface area contributed by atoms with E-state index in [4.69, 9.17) is 0 Å². The van der Waals surface area contributed by atoms with Crippen LogP contribution in [0.3, 0.4) is 0 Å². The van der Waals surface area contributed by atoms with Crippen molar-refractivity contribution in [3.63, 3.8) is 0 Å². The molecule has 0 radical (unpaired) electrons. The molecule has 0 aliphatic heterocycles. The lowest BCUT2D eigenvalue weighted by Crippen LogP contribution is -2.31. The number of hydrogen-bond acceptors (Lipinski definition) is 0. The first-order chi connectivity index (χ1) is 23.4. The third kappa shape index (κ3) is 6.54. The summed E-state index contributed by atoms with van der Waals surface area (Å²) in [4.78, 5) is 0. The van der Waals surface area contributed by atoms with Crippen LogP contribution in [0.5, 0.6) is 0 Å². The first-order valence-electron chi connectivity index (χ1n) is 17.9. The van der Waals surface area contributed by atoms with Gasteiger partial charge in [0.2, 0.25) is 0 Å². The van der Waals surface area contributed by atoms with E-state index in [0.717, 1.165) is 12.8 Å². The fourth-order valence-electron chi connectivity index (χ4n) is 8.05. The van der Waals surface area contributed by atoms with E-state index >= 15 is 0 Å². The predicted molar refractivity (Wildman–Crippen MR) is 205 cm³/mol. The molecule has 6 aromatic carbocycles. The minimum Gasteiger partial charge on any atom is -0.0622 e. The van der Waals surface area contributed by atoms with Gasteiger partial charge in [-0.2, -0.15) is 0 Å². The summed E-state index contributed by atoms with van der Waals surface area (Å²) in [5.41, 5.74) is 19.3. The van der Waals surface area contributed by atoms with Gasteiger partial charge in [0.05, 0.1) is 0 Å². The third-order valence-electron chi connectivity index (χ3n) is 11.0. The lowest BCUT2D eigenvalue weighted by Gasteiger charge is -2.40. The summed E-state index contributed by atoms with van der Waals surface area (Å²) < 4.78 is 0. The molecule has 0 atom stereocenters. The van der Waals surface area contributed by atoms with Crippen molar-refractivity contribution in [2.45, 2.75) is 78.1 Å². The smallest absolute Gasteiger partial charge is 0.0203 e. The molecule has 240 valence electrons. The second-order valence-corrected chi connectivity index (χ2v) is 14.3. The van der Waals surface area contributed by atoms with Crippen molar-refractivity contribution in [3.05, 3.63) is 189 Å². The molecule has 0 aromatic heterocycles. The van der Waals surface area contributed by atoms with Crippen molar-refractivity contribution in [1.29, 1.82) is 0 Å². The highest BCUT2D eigenvalue weighted by Crippen LogP contribution is 2.48. The number of rotatable bonds is 8. The summed E-state index contributed by atoms with van der Waals surface area (Å²) in [6, 6.07) is 50.7. The average Bonchev–Trinajstić information content (AvgIpc) is 3.13. The summed E-state index contributed by atoms with van der Waals surface area (Å²) in [7, 11) is 0. The quantitative estimate of drug-likeness (QED) is 0.158. The lowest BCUT2D eigenvalue weighted by atomic mass is 9.63. The summed E-state index contributed by atoms with van der Waals surface area (Å²) in [6.45, 7) is 9.02. The van der Waals surface area contributed by atoms with Crippen molar-refractivity contribution in [3.8, 4) is 22.3 Å². The zero-order valence-electron chi connectivity index (χ0n) is 29.2. The van der Waals surface area contributed by atoms with Crippen LogP contribution < -0.4 is 0 Å². The van der Waals surface area contributed by atoms with Gasteiger partial charge in [0, 0.05) is 5.41 Å². The van der Waals surface area contributed by atoms with Crippen LogP contribution in [0.25, 0.3) is 22.3 Å². The molecule has 7 rings (SSSR count). The van der Waals surface area contributed by atoms with Gasteiger partial charge in [-0.25, -0.2) is 0 Å². The maximum absolute atomic E-state index is 2.59. The molecular formula is C48H48. The molecule has 0 heterocycles. The van der Waals surface area contributed by atoms with E-state index in [1.807, 2.05) is 0 Å². The molecule has 1 saturated carbocycles. The molecular weight excluding hydrogens is 577 g/mol. The van der Waals surface area contributed by atoms with Crippen LogP contribution in [0.4, 0.5) is 0 Å². The van der Waals surface area contributed by atoms with Gasteiger partial charge in [-0.15, -0.1) is 0 Å². The Morgan fingerprint density at radius 2 is 0.833 bits per heavy atom. The van der Waals surface area contributed by atoms with Crippen LogP contribution in [0.2, 0.25) is 0 Å². The van der Waals surface area contributed by atoms with E-state index in [9.17, 15) is 0 Å². The van der Waals surface area contributed by atoms with Gasteiger partial charge in [-0.3, -0.25) is 0 Å². The van der Waals surface area contributed by atoms with Crippen LogP contribution in [0.15, 0.2) is 133 Å². The van der Waals surface area contributed by atoms with Crippen molar-refractivity contribution < 1.29 is 0 Å². The molecule has 1 fully saturated rings. The number of hydrogen-bond donors (Lipinski definition) is 0. The zero-order chi connectivity index (χ0) is 33.1. The molecule has 0 amide bonds. The second kappa shape index (κ2) is 13.8. The Hall–Kier alpha value is -4.68.